The summed E-state index contributed by atoms with van der Waals surface area (Å²) in [4.78, 5) is 26.2. The van der Waals surface area contributed by atoms with Crippen molar-refractivity contribution in [3.05, 3.63) is 58.1 Å². The Balaban J connectivity index is 2.16. The fourth-order valence-corrected chi connectivity index (χ4v) is 2.60. The number of nitrogens with zero attached hydrogens (tertiary/aromatic N) is 1. The van der Waals surface area contributed by atoms with Gasteiger partial charge >= 0.3 is 0 Å². The summed E-state index contributed by atoms with van der Waals surface area (Å²) in [5.41, 5.74) is 3.64. The smallest absolute Gasteiger partial charge is 0.266 e. The minimum atomic E-state index is -0.316. The molecule has 4 heteroatoms. The van der Waals surface area contributed by atoms with Gasteiger partial charge in [0.2, 0.25) is 0 Å². The highest BCUT2D eigenvalue weighted by atomic mass is 16.3. The number of imide groups is 1. The Hall–Kier alpha value is -2.62. The molecule has 0 radical (unpaired) electrons. The number of hydrogen-bond acceptors (Lipinski definition) is 3. The Morgan fingerprint density at radius 3 is 2.24 bits per heavy atom. The molecule has 4 nitrogen and oxygen atoms in total. The van der Waals surface area contributed by atoms with Gasteiger partial charge in [-0.25, -0.2) is 4.90 Å². The highest BCUT2D eigenvalue weighted by Crippen LogP contribution is 2.34. The number of fused-ring (bicyclic) bond motifs is 1. The molecule has 1 N–H and O–H groups in total. The molecule has 0 atom stereocenters. The van der Waals surface area contributed by atoms with Gasteiger partial charge in [0.25, 0.3) is 11.8 Å². The third-order valence-electron chi connectivity index (χ3n) is 3.80. The van der Waals surface area contributed by atoms with Crippen molar-refractivity contribution in [2.24, 2.45) is 0 Å². The van der Waals surface area contributed by atoms with Crippen LogP contribution in [0.3, 0.4) is 0 Å². The van der Waals surface area contributed by atoms with E-state index in [1.807, 2.05) is 13.0 Å². The molecule has 106 valence electrons. The highest BCUT2D eigenvalue weighted by Gasteiger charge is 2.37. The summed E-state index contributed by atoms with van der Waals surface area (Å²) in [7, 11) is 0. The minimum Gasteiger partial charge on any atom is -0.508 e. The van der Waals surface area contributed by atoms with Gasteiger partial charge in [0.1, 0.15) is 5.75 Å². The van der Waals surface area contributed by atoms with Crippen LogP contribution in [0.4, 0.5) is 5.69 Å². The van der Waals surface area contributed by atoms with Gasteiger partial charge in [-0.1, -0.05) is 11.6 Å². The fraction of sp³-hybridized carbons (Fsp3) is 0.176. The average Bonchev–Trinajstić information content (AvgIpc) is 2.66. The molecule has 0 saturated heterocycles. The lowest BCUT2D eigenvalue weighted by molar-refractivity contribution is 0.0926. The number of anilines is 1. The summed E-state index contributed by atoms with van der Waals surface area (Å²) in [6.45, 7) is 5.39. The summed E-state index contributed by atoms with van der Waals surface area (Å²) in [6.07, 6.45) is 0. The van der Waals surface area contributed by atoms with Gasteiger partial charge in [0.15, 0.2) is 0 Å². The van der Waals surface area contributed by atoms with Crippen molar-refractivity contribution in [1.29, 1.82) is 0 Å². The first kappa shape index (κ1) is 13.4. The lowest BCUT2D eigenvalue weighted by atomic mass is 10.1. The molecule has 0 bridgehead atoms. The predicted octanol–water partition coefficient (Wildman–Crippen LogP) is 3.12. The summed E-state index contributed by atoms with van der Waals surface area (Å²) >= 11 is 0. The standard InChI is InChI=1S/C17H15NO3/c1-9-4-5-12-13(6-9)17(21)18(16(12)20)14-7-11(3)15(19)8-10(14)2/h4-8,19H,1-3H3. The number of carbonyl (C=O) groups is 2. The van der Waals surface area contributed by atoms with Gasteiger partial charge in [0, 0.05) is 0 Å². The second kappa shape index (κ2) is 4.45. The molecule has 2 amide bonds. The second-order valence-corrected chi connectivity index (χ2v) is 5.42. The van der Waals surface area contributed by atoms with Crippen LogP contribution in [0.15, 0.2) is 30.3 Å². The quantitative estimate of drug-likeness (QED) is 0.817. The number of rotatable bonds is 1. The Labute approximate surface area is 122 Å². The van der Waals surface area contributed by atoms with Crippen LogP contribution < -0.4 is 4.90 Å². The number of hydrogen-bond donors (Lipinski definition) is 1. The molecule has 1 heterocycles. The summed E-state index contributed by atoms with van der Waals surface area (Å²) in [5.74, 6) is -0.473. The molecule has 1 aliphatic heterocycles. The van der Waals surface area contributed by atoms with E-state index in [1.54, 1.807) is 38.1 Å². The molecule has 1 aliphatic rings. The number of amides is 2. The topological polar surface area (TPSA) is 57.6 Å². The van der Waals surface area contributed by atoms with Gasteiger partial charge in [-0.05, 0) is 56.2 Å². The maximum absolute atomic E-state index is 12.6. The van der Waals surface area contributed by atoms with Crippen LogP contribution in [0, 0.1) is 20.8 Å². The summed E-state index contributed by atoms with van der Waals surface area (Å²) in [6, 6.07) is 8.48. The summed E-state index contributed by atoms with van der Waals surface area (Å²) in [5, 5.41) is 9.72. The van der Waals surface area contributed by atoms with Crippen molar-refractivity contribution in [3.63, 3.8) is 0 Å². The minimum absolute atomic E-state index is 0.156. The monoisotopic (exact) mass is 281 g/mol. The second-order valence-electron chi connectivity index (χ2n) is 5.42. The summed E-state index contributed by atoms with van der Waals surface area (Å²) < 4.78 is 0. The van der Waals surface area contributed by atoms with Gasteiger partial charge < -0.3 is 5.11 Å². The molecule has 2 aromatic rings. The van der Waals surface area contributed by atoms with Crippen molar-refractivity contribution in [1.82, 2.24) is 0 Å². The Bertz CT molecular complexity index is 793. The molecule has 0 unspecified atom stereocenters. The van der Waals surface area contributed by atoms with E-state index in [0.717, 1.165) is 5.56 Å². The lowest BCUT2D eigenvalue weighted by Crippen LogP contribution is -2.30. The number of aryl methyl sites for hydroxylation is 3. The van der Waals surface area contributed by atoms with E-state index in [-0.39, 0.29) is 17.6 Å². The molecule has 0 aromatic heterocycles. The molecule has 0 spiro atoms. The van der Waals surface area contributed by atoms with Gasteiger partial charge in [-0.15, -0.1) is 0 Å². The van der Waals surface area contributed by atoms with Crippen molar-refractivity contribution in [2.75, 3.05) is 4.90 Å². The van der Waals surface area contributed by atoms with Crippen molar-refractivity contribution in [3.8, 4) is 5.75 Å². The number of benzene rings is 2. The van der Waals surface area contributed by atoms with Crippen LogP contribution in [0.2, 0.25) is 0 Å². The van der Waals surface area contributed by atoms with E-state index < -0.39 is 0 Å². The molecule has 3 rings (SSSR count). The molecular formula is C17H15NO3. The zero-order chi connectivity index (χ0) is 15.3. The molecule has 0 fully saturated rings. The van der Waals surface area contributed by atoms with Gasteiger partial charge in [-0.2, -0.15) is 0 Å². The fourth-order valence-electron chi connectivity index (χ4n) is 2.60. The molecule has 2 aromatic carbocycles. The number of aromatic hydroxyl groups is 1. The SMILES string of the molecule is Cc1ccc2c(c1)C(=O)N(c1cc(C)c(O)cc1C)C2=O. The molecule has 0 saturated carbocycles. The van der Waals surface area contributed by atoms with Crippen molar-refractivity contribution < 1.29 is 14.7 Å². The van der Waals surface area contributed by atoms with Crippen LogP contribution in [0.1, 0.15) is 37.4 Å². The van der Waals surface area contributed by atoms with Crippen LogP contribution in [0.25, 0.3) is 0 Å². The Kier molecular flexibility index (Phi) is 2.83. The number of phenolic OH excluding ortho intramolecular Hbond substituents is 1. The third kappa shape index (κ3) is 1.91. The van der Waals surface area contributed by atoms with E-state index in [0.29, 0.717) is 27.9 Å². The maximum Gasteiger partial charge on any atom is 0.266 e. The first-order valence-electron chi connectivity index (χ1n) is 6.70. The van der Waals surface area contributed by atoms with Crippen LogP contribution >= 0.6 is 0 Å². The normalized spacial score (nSPS) is 13.8. The first-order valence-corrected chi connectivity index (χ1v) is 6.70. The Morgan fingerprint density at radius 1 is 0.857 bits per heavy atom. The molecule has 0 aliphatic carbocycles. The average molecular weight is 281 g/mol. The van der Waals surface area contributed by atoms with Crippen LogP contribution in [-0.2, 0) is 0 Å². The number of phenols is 1. The van der Waals surface area contributed by atoms with E-state index >= 15 is 0 Å². The lowest BCUT2D eigenvalue weighted by Gasteiger charge is -2.17. The molecular weight excluding hydrogens is 266 g/mol. The van der Waals surface area contributed by atoms with E-state index in [4.69, 9.17) is 0 Å². The van der Waals surface area contributed by atoms with Gasteiger partial charge in [-0.3, -0.25) is 9.59 Å². The van der Waals surface area contributed by atoms with E-state index in [2.05, 4.69) is 0 Å². The third-order valence-corrected chi connectivity index (χ3v) is 3.80. The number of carbonyl (C=O) groups excluding carboxylic acids is 2. The predicted molar refractivity (Wildman–Crippen MR) is 79.9 cm³/mol. The van der Waals surface area contributed by atoms with E-state index in [9.17, 15) is 14.7 Å². The molecule has 21 heavy (non-hydrogen) atoms. The van der Waals surface area contributed by atoms with Crippen LogP contribution in [0.5, 0.6) is 5.75 Å². The largest absolute Gasteiger partial charge is 0.508 e. The Morgan fingerprint density at radius 2 is 1.52 bits per heavy atom. The maximum atomic E-state index is 12.6. The van der Waals surface area contributed by atoms with Crippen molar-refractivity contribution >= 4 is 17.5 Å². The van der Waals surface area contributed by atoms with E-state index in [1.165, 1.54) is 4.90 Å². The first-order chi connectivity index (χ1) is 9.90. The highest BCUT2D eigenvalue weighted by molar-refractivity contribution is 6.34. The van der Waals surface area contributed by atoms with Crippen molar-refractivity contribution in [2.45, 2.75) is 20.8 Å². The van der Waals surface area contributed by atoms with Crippen LogP contribution in [-0.4, -0.2) is 16.9 Å². The zero-order valence-electron chi connectivity index (χ0n) is 12.1. The zero-order valence-corrected chi connectivity index (χ0v) is 12.1. The van der Waals surface area contributed by atoms with Gasteiger partial charge in [0.05, 0.1) is 16.8 Å².